The number of benzene rings is 1. The first-order chi connectivity index (χ1) is 16.1. The monoisotopic (exact) mass is 446 g/mol. The van der Waals surface area contributed by atoms with E-state index in [0.717, 1.165) is 62.9 Å². The standard InChI is InChI=1S/C27H34N4O2/c1-3-20-6-5-7-21(16-20)23-17-22(18-28)26(29-19-23)27(32)31-14-10-25(11-15-31)33-24-8-12-30(4-2)13-9-24/h5-7,16-17,19,24-25H,3-4,8-15H2,1-2H3. The molecule has 2 aromatic rings. The van der Waals surface area contributed by atoms with Crippen molar-refractivity contribution in [2.24, 2.45) is 0 Å². The Morgan fingerprint density at radius 3 is 2.39 bits per heavy atom. The van der Waals surface area contributed by atoms with Gasteiger partial charge in [-0.05, 0) is 55.8 Å². The second-order valence-corrected chi connectivity index (χ2v) is 9.05. The summed E-state index contributed by atoms with van der Waals surface area (Å²) in [6.45, 7) is 8.94. The fraction of sp³-hybridized carbons (Fsp3) is 0.519. The minimum absolute atomic E-state index is 0.157. The Labute approximate surface area is 197 Å². The molecule has 0 saturated carbocycles. The lowest BCUT2D eigenvalue weighted by Crippen LogP contribution is -2.44. The van der Waals surface area contributed by atoms with Gasteiger partial charge in [0, 0.05) is 37.9 Å². The van der Waals surface area contributed by atoms with E-state index in [1.54, 1.807) is 12.3 Å². The lowest BCUT2D eigenvalue weighted by atomic mass is 10.0. The quantitative estimate of drug-likeness (QED) is 0.662. The number of aryl methyl sites for hydroxylation is 1. The van der Waals surface area contributed by atoms with Crippen molar-refractivity contribution < 1.29 is 9.53 Å². The van der Waals surface area contributed by atoms with Gasteiger partial charge >= 0.3 is 0 Å². The molecule has 0 atom stereocenters. The van der Waals surface area contributed by atoms with E-state index in [0.29, 0.717) is 24.8 Å². The topological polar surface area (TPSA) is 69.5 Å². The van der Waals surface area contributed by atoms with Gasteiger partial charge < -0.3 is 14.5 Å². The van der Waals surface area contributed by atoms with E-state index in [2.05, 4.69) is 41.9 Å². The third-order valence-corrected chi connectivity index (χ3v) is 6.98. The molecule has 1 amide bonds. The van der Waals surface area contributed by atoms with Crippen LogP contribution in [-0.2, 0) is 11.2 Å². The molecule has 0 unspecified atom stereocenters. The Kier molecular flexibility index (Phi) is 7.74. The second kappa shape index (κ2) is 10.9. The van der Waals surface area contributed by atoms with E-state index in [4.69, 9.17) is 4.74 Å². The summed E-state index contributed by atoms with van der Waals surface area (Å²) < 4.78 is 6.35. The average Bonchev–Trinajstić information content (AvgIpc) is 2.88. The highest BCUT2D eigenvalue weighted by atomic mass is 16.5. The summed E-state index contributed by atoms with van der Waals surface area (Å²) in [6.07, 6.45) is 7.07. The number of piperidine rings is 2. The molecule has 0 N–H and O–H groups in total. The van der Waals surface area contributed by atoms with Gasteiger partial charge in [-0.3, -0.25) is 4.79 Å². The third kappa shape index (κ3) is 5.61. The zero-order valence-corrected chi connectivity index (χ0v) is 19.8. The maximum absolute atomic E-state index is 13.2. The van der Waals surface area contributed by atoms with Crippen molar-refractivity contribution in [3.05, 3.63) is 53.3 Å². The summed E-state index contributed by atoms with van der Waals surface area (Å²) in [5.41, 5.74) is 3.69. The lowest BCUT2D eigenvalue weighted by molar-refractivity contribution is -0.0617. The second-order valence-electron chi connectivity index (χ2n) is 9.05. The SMILES string of the molecule is CCc1cccc(-c2cnc(C(=O)N3CCC(OC4CCN(CC)CC4)CC3)c(C#N)c2)c1. The number of carbonyl (C=O) groups excluding carboxylic acids is 1. The zero-order valence-electron chi connectivity index (χ0n) is 19.8. The number of nitrogens with zero attached hydrogens (tertiary/aromatic N) is 4. The van der Waals surface area contributed by atoms with Crippen molar-refractivity contribution >= 4 is 5.91 Å². The number of amides is 1. The highest BCUT2D eigenvalue weighted by molar-refractivity contribution is 5.95. The van der Waals surface area contributed by atoms with Crippen molar-refractivity contribution in [3.8, 4) is 17.2 Å². The van der Waals surface area contributed by atoms with Crippen molar-refractivity contribution in [2.75, 3.05) is 32.7 Å². The van der Waals surface area contributed by atoms with Gasteiger partial charge in [0.25, 0.3) is 5.91 Å². The van der Waals surface area contributed by atoms with Crippen molar-refractivity contribution in [3.63, 3.8) is 0 Å². The molecule has 6 nitrogen and oxygen atoms in total. The molecular weight excluding hydrogens is 412 g/mol. The van der Waals surface area contributed by atoms with Crippen LogP contribution in [-0.4, -0.2) is 65.6 Å². The minimum Gasteiger partial charge on any atom is -0.375 e. The van der Waals surface area contributed by atoms with Crippen LogP contribution in [0.2, 0.25) is 0 Å². The predicted octanol–water partition coefficient (Wildman–Crippen LogP) is 4.29. The molecule has 2 aliphatic heterocycles. The summed E-state index contributed by atoms with van der Waals surface area (Å²) in [7, 11) is 0. The summed E-state index contributed by atoms with van der Waals surface area (Å²) in [4.78, 5) is 21.9. The molecule has 3 heterocycles. The summed E-state index contributed by atoms with van der Waals surface area (Å²) >= 11 is 0. The molecule has 0 radical (unpaired) electrons. The van der Waals surface area contributed by atoms with Crippen LogP contribution in [0.4, 0.5) is 0 Å². The van der Waals surface area contributed by atoms with Crippen molar-refractivity contribution in [2.45, 2.75) is 58.2 Å². The van der Waals surface area contributed by atoms with Gasteiger partial charge in [0.2, 0.25) is 0 Å². The van der Waals surface area contributed by atoms with Crippen LogP contribution in [0.15, 0.2) is 36.5 Å². The number of hydrogen-bond donors (Lipinski definition) is 0. The molecule has 2 saturated heterocycles. The number of aromatic nitrogens is 1. The molecule has 0 spiro atoms. The van der Waals surface area contributed by atoms with Crippen LogP contribution in [0.1, 0.15) is 61.1 Å². The molecule has 1 aromatic heterocycles. The maximum atomic E-state index is 13.2. The Morgan fingerprint density at radius 2 is 1.76 bits per heavy atom. The zero-order chi connectivity index (χ0) is 23.2. The molecule has 1 aromatic carbocycles. The van der Waals surface area contributed by atoms with Gasteiger partial charge in [0.05, 0.1) is 17.8 Å². The van der Waals surface area contributed by atoms with Gasteiger partial charge in [0.1, 0.15) is 11.8 Å². The lowest BCUT2D eigenvalue weighted by Gasteiger charge is -2.36. The van der Waals surface area contributed by atoms with Crippen molar-refractivity contribution in [1.29, 1.82) is 5.26 Å². The normalized spacial score (nSPS) is 18.3. The number of carbonyl (C=O) groups is 1. The average molecular weight is 447 g/mol. The van der Waals surface area contributed by atoms with Crippen molar-refractivity contribution in [1.82, 2.24) is 14.8 Å². The van der Waals surface area contributed by atoms with Crippen LogP contribution in [0.25, 0.3) is 11.1 Å². The van der Waals surface area contributed by atoms with Gasteiger partial charge in [-0.2, -0.15) is 5.26 Å². The first-order valence-electron chi connectivity index (χ1n) is 12.3. The number of rotatable bonds is 6. The molecule has 0 aliphatic carbocycles. The number of pyridine rings is 1. The number of nitriles is 1. The first kappa shape index (κ1) is 23.4. The first-order valence-corrected chi connectivity index (χ1v) is 12.3. The van der Waals surface area contributed by atoms with Gasteiger partial charge in [0.15, 0.2) is 0 Å². The van der Waals surface area contributed by atoms with Crippen LogP contribution in [0.3, 0.4) is 0 Å². The number of ether oxygens (including phenoxy) is 1. The fourth-order valence-electron chi connectivity index (χ4n) is 4.83. The molecule has 2 fully saturated rings. The Bertz CT molecular complexity index is 999. The molecule has 174 valence electrons. The van der Waals surface area contributed by atoms with Gasteiger partial charge in [-0.25, -0.2) is 4.98 Å². The maximum Gasteiger partial charge on any atom is 0.273 e. The van der Waals surface area contributed by atoms with Gasteiger partial charge in [-0.15, -0.1) is 0 Å². The molecule has 0 bridgehead atoms. The molecular formula is C27H34N4O2. The van der Waals surface area contributed by atoms with Crippen LogP contribution >= 0.6 is 0 Å². The van der Waals surface area contributed by atoms with E-state index in [1.165, 1.54) is 5.56 Å². The van der Waals surface area contributed by atoms with Crippen LogP contribution < -0.4 is 0 Å². The Hall–Kier alpha value is -2.75. The van der Waals surface area contributed by atoms with E-state index in [-0.39, 0.29) is 17.7 Å². The summed E-state index contributed by atoms with van der Waals surface area (Å²) in [5.74, 6) is -0.157. The van der Waals surface area contributed by atoms with E-state index in [9.17, 15) is 10.1 Å². The smallest absolute Gasteiger partial charge is 0.273 e. The Morgan fingerprint density at radius 1 is 1.06 bits per heavy atom. The largest absolute Gasteiger partial charge is 0.375 e. The van der Waals surface area contributed by atoms with Crippen LogP contribution in [0.5, 0.6) is 0 Å². The highest BCUT2D eigenvalue weighted by Crippen LogP contribution is 2.25. The van der Waals surface area contributed by atoms with E-state index in [1.807, 2.05) is 17.0 Å². The minimum atomic E-state index is -0.157. The molecule has 4 rings (SSSR count). The predicted molar refractivity (Wildman–Crippen MR) is 129 cm³/mol. The molecule has 33 heavy (non-hydrogen) atoms. The highest BCUT2D eigenvalue weighted by Gasteiger charge is 2.29. The van der Waals surface area contributed by atoms with Crippen LogP contribution in [0, 0.1) is 11.3 Å². The third-order valence-electron chi connectivity index (χ3n) is 6.98. The molecule has 6 heteroatoms. The fourth-order valence-corrected chi connectivity index (χ4v) is 4.83. The summed E-state index contributed by atoms with van der Waals surface area (Å²) in [6, 6.07) is 12.2. The molecule has 2 aliphatic rings. The van der Waals surface area contributed by atoms with Gasteiger partial charge in [-0.1, -0.05) is 38.1 Å². The van der Waals surface area contributed by atoms with E-state index >= 15 is 0 Å². The van der Waals surface area contributed by atoms with E-state index < -0.39 is 0 Å². The number of hydrogen-bond acceptors (Lipinski definition) is 5. The Balaban J connectivity index is 1.37. The summed E-state index contributed by atoms with van der Waals surface area (Å²) in [5, 5.41) is 9.71. The number of likely N-dealkylation sites (tertiary alicyclic amines) is 2.